The average Bonchev–Trinajstić information content (AvgIpc) is 3.83. The van der Waals surface area contributed by atoms with E-state index in [9.17, 15) is 24.0 Å². The number of thiazole rings is 1. The average molecular weight is 882 g/mol. The molecule has 0 aliphatic carbocycles. The number of urea groups is 1. The van der Waals surface area contributed by atoms with Gasteiger partial charge in [0.1, 0.15) is 18.1 Å². The van der Waals surface area contributed by atoms with Crippen molar-refractivity contribution in [3.8, 4) is 22.5 Å². The molecule has 336 valence electrons. The van der Waals surface area contributed by atoms with Crippen molar-refractivity contribution < 1.29 is 33.4 Å². The topological polar surface area (TPSA) is 180 Å². The van der Waals surface area contributed by atoms with Crippen LogP contribution in [-0.4, -0.2) is 124 Å². The zero-order valence-electron chi connectivity index (χ0n) is 37.4. The van der Waals surface area contributed by atoms with E-state index in [0.717, 1.165) is 44.7 Å². The lowest BCUT2D eigenvalue weighted by atomic mass is 9.84. The number of benzene rings is 1. The van der Waals surface area contributed by atoms with E-state index in [0.29, 0.717) is 43.9 Å². The number of likely N-dealkylation sites (N-methyl/N-ethyl adjacent to an activating group) is 1. The van der Waals surface area contributed by atoms with Crippen LogP contribution in [0.15, 0.2) is 54.6 Å². The maximum Gasteiger partial charge on any atom is 0.324 e. The van der Waals surface area contributed by atoms with Crippen LogP contribution in [0, 0.1) is 11.3 Å². The number of aromatic nitrogens is 3. The second-order valence-electron chi connectivity index (χ2n) is 18.0. The van der Waals surface area contributed by atoms with Crippen LogP contribution in [0.4, 0.5) is 4.79 Å². The van der Waals surface area contributed by atoms with Gasteiger partial charge in [-0.2, -0.15) is 0 Å². The van der Waals surface area contributed by atoms with Crippen molar-refractivity contribution in [2.24, 2.45) is 18.4 Å². The summed E-state index contributed by atoms with van der Waals surface area (Å²) in [6, 6.07) is 6.90. The number of pyridine rings is 1. The first-order valence-electron chi connectivity index (χ1n) is 21.5. The van der Waals surface area contributed by atoms with Crippen molar-refractivity contribution in [1.29, 1.82) is 0 Å². The van der Waals surface area contributed by atoms with Gasteiger partial charge in [-0.1, -0.05) is 40.3 Å². The molecule has 0 radical (unpaired) electrons. The number of likely N-dealkylation sites (tertiary alicyclic amines) is 1. The molecule has 0 spiro atoms. The normalized spacial score (nSPS) is 20.3. The highest BCUT2D eigenvalue weighted by atomic mass is 32.1. The van der Waals surface area contributed by atoms with Crippen molar-refractivity contribution in [2.75, 3.05) is 40.4 Å². The molecule has 3 aliphatic rings. The molecule has 0 unspecified atom stereocenters. The van der Waals surface area contributed by atoms with Gasteiger partial charge in [0.25, 0.3) is 5.91 Å². The summed E-state index contributed by atoms with van der Waals surface area (Å²) in [6.45, 7) is 14.3. The fourth-order valence-electron chi connectivity index (χ4n) is 8.88. The lowest BCUT2D eigenvalue weighted by Crippen LogP contribution is -2.65. The first kappa shape index (κ1) is 45.4. The quantitative estimate of drug-likeness (QED) is 0.157. The van der Waals surface area contributed by atoms with Gasteiger partial charge in [-0.25, -0.2) is 15.2 Å². The maximum absolute atomic E-state index is 14.5. The van der Waals surface area contributed by atoms with Crippen molar-refractivity contribution in [2.45, 2.75) is 90.6 Å². The zero-order valence-corrected chi connectivity index (χ0v) is 38.2. The van der Waals surface area contributed by atoms with Gasteiger partial charge in [0.15, 0.2) is 0 Å². The number of esters is 1. The summed E-state index contributed by atoms with van der Waals surface area (Å²) in [7, 11) is 5.29. The Kier molecular flexibility index (Phi) is 13.4. The number of hydrogen-bond acceptors (Lipinski definition) is 11. The number of nitrogens with one attached hydrogen (secondary N) is 3. The second kappa shape index (κ2) is 18.6. The second-order valence-corrected chi connectivity index (χ2v) is 18.9. The number of nitrogens with zero attached hydrogens (tertiary/aromatic N) is 6. The summed E-state index contributed by atoms with van der Waals surface area (Å²) < 4.78 is 14.0. The molecular weight excluding hydrogens is 823 g/mol. The molecule has 0 saturated carbocycles. The van der Waals surface area contributed by atoms with Gasteiger partial charge in [0.05, 0.1) is 40.8 Å². The van der Waals surface area contributed by atoms with Gasteiger partial charge in [0, 0.05) is 86.3 Å². The Morgan fingerprint density at radius 1 is 1.14 bits per heavy atom. The van der Waals surface area contributed by atoms with E-state index in [1.54, 1.807) is 25.3 Å². The smallest absolute Gasteiger partial charge is 0.324 e. The van der Waals surface area contributed by atoms with Gasteiger partial charge in [-0.3, -0.25) is 29.2 Å². The van der Waals surface area contributed by atoms with Crippen LogP contribution < -0.4 is 16.1 Å². The molecule has 16 nitrogen and oxygen atoms in total. The van der Waals surface area contributed by atoms with Crippen LogP contribution in [0.2, 0.25) is 0 Å². The molecule has 2 fully saturated rings. The SMILES string of the molecule is C=CC(=O)NC1CN(C(=O)N(C)[C@H](C(=O)N[C@H]2Cc3nc(cs3)-c3ccc4c(c3)c(c(-c3cccnc3[C@H](C)OC)n4C)CC(C)(C)COC(=O)[C@@H]3CCCN(N3)C2=O)C(C)C)C1. The number of hydrazine groups is 1. The number of ether oxygens (including phenoxy) is 2. The van der Waals surface area contributed by atoms with E-state index in [1.165, 1.54) is 27.3 Å². The Hall–Kier alpha value is -5.65. The van der Waals surface area contributed by atoms with Crippen molar-refractivity contribution >= 4 is 52.0 Å². The summed E-state index contributed by atoms with van der Waals surface area (Å²) in [6.07, 6.45) is 4.34. The Labute approximate surface area is 372 Å². The van der Waals surface area contributed by atoms with E-state index in [1.807, 2.05) is 38.3 Å². The number of aryl methyl sites for hydroxylation is 1. The van der Waals surface area contributed by atoms with Gasteiger partial charge < -0.3 is 34.5 Å². The molecule has 3 aliphatic heterocycles. The number of cyclic esters (lactones) is 1. The van der Waals surface area contributed by atoms with Crippen LogP contribution in [0.25, 0.3) is 33.4 Å². The number of carbonyl (C=O) groups excluding carboxylic acids is 5. The van der Waals surface area contributed by atoms with Crippen molar-refractivity contribution in [3.05, 3.63) is 70.8 Å². The first-order chi connectivity index (χ1) is 30.0. The van der Waals surface area contributed by atoms with Crippen molar-refractivity contribution in [3.63, 3.8) is 0 Å². The molecule has 1 aromatic carbocycles. The third-order valence-corrected chi connectivity index (χ3v) is 13.1. The number of amides is 5. The fraction of sp³-hybridized carbons (Fsp3) is 0.500. The Morgan fingerprint density at radius 3 is 2.62 bits per heavy atom. The molecule has 4 aromatic rings. The first-order valence-corrected chi connectivity index (χ1v) is 22.4. The van der Waals surface area contributed by atoms with Crippen LogP contribution in [0.1, 0.15) is 69.8 Å². The van der Waals surface area contributed by atoms with E-state index in [4.69, 9.17) is 19.4 Å². The minimum Gasteiger partial charge on any atom is -0.464 e. The van der Waals surface area contributed by atoms with Crippen LogP contribution in [0.3, 0.4) is 0 Å². The molecule has 5 amide bonds. The summed E-state index contributed by atoms with van der Waals surface area (Å²) in [5.74, 6) is -2.03. The number of rotatable bonds is 9. The number of carbonyl (C=O) groups is 5. The summed E-state index contributed by atoms with van der Waals surface area (Å²) in [5.41, 5.74) is 9.09. The molecule has 6 heterocycles. The van der Waals surface area contributed by atoms with Crippen molar-refractivity contribution in [1.82, 2.24) is 45.4 Å². The monoisotopic (exact) mass is 881 g/mol. The highest BCUT2D eigenvalue weighted by Crippen LogP contribution is 2.41. The van der Waals surface area contributed by atoms with E-state index in [-0.39, 0.29) is 43.0 Å². The Morgan fingerprint density at radius 2 is 1.90 bits per heavy atom. The number of fused-ring (bicyclic) bond motifs is 6. The molecule has 4 atom stereocenters. The predicted octanol–water partition coefficient (Wildman–Crippen LogP) is 4.78. The fourth-order valence-corrected chi connectivity index (χ4v) is 9.73. The number of methoxy groups -OCH3 is 1. The number of hydrogen-bond donors (Lipinski definition) is 3. The maximum atomic E-state index is 14.5. The third-order valence-electron chi connectivity index (χ3n) is 12.3. The highest BCUT2D eigenvalue weighted by molar-refractivity contribution is 7.10. The van der Waals surface area contributed by atoms with Gasteiger partial charge >= 0.3 is 12.0 Å². The molecule has 17 heteroatoms. The molecule has 63 heavy (non-hydrogen) atoms. The summed E-state index contributed by atoms with van der Waals surface area (Å²) in [5, 5.41) is 10.8. The molecule has 6 bridgehead atoms. The third kappa shape index (κ3) is 9.50. The zero-order chi connectivity index (χ0) is 45.3. The molecule has 3 aromatic heterocycles. The molecule has 2 saturated heterocycles. The largest absolute Gasteiger partial charge is 0.464 e. The van der Waals surface area contributed by atoms with E-state index >= 15 is 0 Å². The standard InChI is InChI=1S/C46H59N9O7S/c1-10-37(56)48-29-22-54(23-29)45(60)53(8)40(26(2)3)42(57)50-34-20-38-49-35(24-63-38)28-15-16-36-31(19-28)32(41(52(36)7)30-13-11-17-47-39(30)27(4)61-9)21-46(5,6)25-62-44(59)33-14-12-18-55(51-33)43(34)58/h10-11,13,15-17,19,24,26-27,29,33-34,40,51H,1,12,14,18,20-23,25H2,2-9H3,(H,48,56)(H,50,57)/t27-,33-,34-,40-/m0/s1. The Bertz CT molecular complexity index is 2400. The molecule has 3 N–H and O–H groups in total. The minimum atomic E-state index is -1.09. The lowest BCUT2D eigenvalue weighted by Gasteiger charge is -2.43. The lowest BCUT2D eigenvalue weighted by molar-refractivity contribution is -0.155. The minimum absolute atomic E-state index is 0.0699. The predicted molar refractivity (Wildman–Crippen MR) is 240 cm³/mol. The highest BCUT2D eigenvalue weighted by Gasteiger charge is 2.41. The van der Waals surface area contributed by atoms with Crippen LogP contribution >= 0.6 is 11.3 Å². The van der Waals surface area contributed by atoms with E-state index in [2.05, 4.69) is 66.3 Å². The summed E-state index contributed by atoms with van der Waals surface area (Å²) in [4.78, 5) is 80.8. The molecule has 7 rings (SSSR count). The van der Waals surface area contributed by atoms with E-state index < -0.39 is 41.3 Å². The van der Waals surface area contributed by atoms with Gasteiger partial charge in [0.2, 0.25) is 11.8 Å². The van der Waals surface area contributed by atoms with Gasteiger partial charge in [-0.05, 0) is 68.0 Å². The van der Waals surface area contributed by atoms with Gasteiger partial charge in [-0.15, -0.1) is 11.3 Å². The Balaban J connectivity index is 1.24. The van der Waals surface area contributed by atoms with Crippen LogP contribution in [-0.2, 0) is 48.5 Å². The molecular formula is C46H59N9O7S. The summed E-state index contributed by atoms with van der Waals surface area (Å²) >= 11 is 1.40. The van der Waals surface area contributed by atoms with Crippen LogP contribution in [0.5, 0.6) is 0 Å².